The molecule has 1 aromatic carbocycles. The van der Waals surface area contributed by atoms with E-state index in [1.807, 2.05) is 4.90 Å². The molecule has 0 aliphatic carbocycles. The molecule has 0 bridgehead atoms. The zero-order chi connectivity index (χ0) is 16.3. The first-order valence-corrected chi connectivity index (χ1v) is 8.25. The predicted octanol–water partition coefficient (Wildman–Crippen LogP) is 3.25. The van der Waals surface area contributed by atoms with E-state index in [1.165, 1.54) is 18.6 Å². The first kappa shape index (κ1) is 16.6. The van der Waals surface area contributed by atoms with Crippen molar-refractivity contribution in [1.82, 2.24) is 4.90 Å². The van der Waals surface area contributed by atoms with Crippen LogP contribution in [0.2, 0.25) is 0 Å². The number of halogens is 3. The van der Waals surface area contributed by atoms with Crippen LogP contribution in [0.25, 0.3) is 0 Å². The van der Waals surface area contributed by atoms with Crippen LogP contribution in [0.15, 0.2) is 24.3 Å². The van der Waals surface area contributed by atoms with E-state index in [-0.39, 0.29) is 0 Å². The molecule has 0 aromatic heterocycles. The molecule has 0 amide bonds. The molecule has 0 saturated carbocycles. The fraction of sp³-hybridized carbons (Fsp3) is 0.647. The maximum Gasteiger partial charge on any atom is 0.416 e. The molecule has 0 spiro atoms. The number of piperazine rings is 1. The Labute approximate surface area is 135 Å². The zero-order valence-electron chi connectivity index (χ0n) is 13.2. The first-order valence-electron chi connectivity index (χ1n) is 8.25. The van der Waals surface area contributed by atoms with Crippen molar-refractivity contribution in [2.24, 2.45) is 5.92 Å². The largest absolute Gasteiger partial charge is 0.416 e. The molecule has 2 heterocycles. The average Bonchev–Trinajstić information content (AvgIpc) is 2.56. The number of anilines is 1. The smallest absolute Gasteiger partial charge is 0.381 e. The van der Waals surface area contributed by atoms with Crippen LogP contribution in [-0.4, -0.2) is 50.8 Å². The minimum absolute atomic E-state index is 0.572. The highest BCUT2D eigenvalue weighted by Crippen LogP contribution is 2.32. The molecular weight excluding hydrogens is 305 g/mol. The summed E-state index contributed by atoms with van der Waals surface area (Å²) in [6.45, 7) is 6.09. The lowest BCUT2D eigenvalue weighted by molar-refractivity contribution is -0.137. The van der Waals surface area contributed by atoms with Crippen molar-refractivity contribution in [3.8, 4) is 0 Å². The van der Waals surface area contributed by atoms with Crippen molar-refractivity contribution in [3.05, 3.63) is 29.8 Å². The third kappa shape index (κ3) is 4.38. The van der Waals surface area contributed by atoms with E-state index in [0.717, 1.165) is 58.4 Å². The number of alkyl halides is 3. The van der Waals surface area contributed by atoms with E-state index in [2.05, 4.69) is 4.90 Å². The molecule has 6 heteroatoms. The van der Waals surface area contributed by atoms with Crippen LogP contribution in [-0.2, 0) is 10.9 Å². The van der Waals surface area contributed by atoms with Gasteiger partial charge < -0.3 is 9.64 Å². The highest BCUT2D eigenvalue weighted by atomic mass is 19.4. The molecule has 2 aliphatic heterocycles. The molecule has 2 fully saturated rings. The van der Waals surface area contributed by atoms with E-state index in [4.69, 9.17) is 4.74 Å². The summed E-state index contributed by atoms with van der Waals surface area (Å²) in [5.74, 6) is 0.601. The molecule has 3 nitrogen and oxygen atoms in total. The van der Waals surface area contributed by atoms with Crippen molar-refractivity contribution in [2.45, 2.75) is 19.0 Å². The Hall–Kier alpha value is -1.27. The van der Waals surface area contributed by atoms with Crippen LogP contribution in [0.5, 0.6) is 0 Å². The molecule has 2 aliphatic rings. The lowest BCUT2D eigenvalue weighted by Crippen LogP contribution is -2.48. The fourth-order valence-electron chi connectivity index (χ4n) is 3.38. The van der Waals surface area contributed by atoms with E-state index >= 15 is 0 Å². The van der Waals surface area contributed by atoms with Gasteiger partial charge >= 0.3 is 6.18 Å². The summed E-state index contributed by atoms with van der Waals surface area (Å²) in [7, 11) is 0. The Balaban J connectivity index is 1.54. The number of rotatable bonds is 3. The van der Waals surface area contributed by atoms with Gasteiger partial charge in [-0.25, -0.2) is 0 Å². The highest BCUT2D eigenvalue weighted by molar-refractivity contribution is 5.49. The minimum Gasteiger partial charge on any atom is -0.381 e. The van der Waals surface area contributed by atoms with Crippen LogP contribution < -0.4 is 4.90 Å². The number of hydrogen-bond donors (Lipinski definition) is 0. The van der Waals surface area contributed by atoms with Gasteiger partial charge in [0.2, 0.25) is 0 Å². The van der Waals surface area contributed by atoms with E-state index in [1.54, 1.807) is 6.07 Å². The van der Waals surface area contributed by atoms with E-state index in [0.29, 0.717) is 11.6 Å². The van der Waals surface area contributed by atoms with E-state index < -0.39 is 11.7 Å². The molecule has 0 N–H and O–H groups in total. The van der Waals surface area contributed by atoms with Gasteiger partial charge in [-0.05, 0) is 37.0 Å². The van der Waals surface area contributed by atoms with Crippen molar-refractivity contribution in [1.29, 1.82) is 0 Å². The lowest BCUT2D eigenvalue weighted by atomic mass is 10.0. The van der Waals surface area contributed by atoms with Crippen LogP contribution in [0.3, 0.4) is 0 Å². The molecule has 1 aromatic rings. The SMILES string of the molecule is FC(F)(F)c1cccc(N2CCN(CC3CCCOC3)CC2)c1. The summed E-state index contributed by atoms with van der Waals surface area (Å²) < 4.78 is 44.0. The summed E-state index contributed by atoms with van der Waals surface area (Å²) in [6, 6.07) is 5.64. The Morgan fingerprint density at radius 2 is 1.91 bits per heavy atom. The lowest BCUT2D eigenvalue weighted by Gasteiger charge is -2.38. The van der Waals surface area contributed by atoms with E-state index in [9.17, 15) is 13.2 Å². The normalized spacial score (nSPS) is 24.0. The van der Waals surface area contributed by atoms with Crippen molar-refractivity contribution >= 4 is 5.69 Å². The van der Waals surface area contributed by atoms with Gasteiger partial charge in [0.25, 0.3) is 0 Å². The molecule has 128 valence electrons. The van der Waals surface area contributed by atoms with Crippen LogP contribution in [0.1, 0.15) is 18.4 Å². The van der Waals surface area contributed by atoms with Gasteiger partial charge in [-0.15, -0.1) is 0 Å². The van der Waals surface area contributed by atoms with Gasteiger partial charge in [0, 0.05) is 45.0 Å². The molecule has 1 unspecified atom stereocenters. The van der Waals surface area contributed by atoms with Crippen LogP contribution >= 0.6 is 0 Å². The van der Waals surface area contributed by atoms with Gasteiger partial charge in [-0.1, -0.05) is 6.07 Å². The monoisotopic (exact) mass is 328 g/mol. The first-order chi connectivity index (χ1) is 11.0. The highest BCUT2D eigenvalue weighted by Gasteiger charge is 2.31. The molecular formula is C17H23F3N2O. The molecule has 2 saturated heterocycles. The second-order valence-electron chi connectivity index (χ2n) is 6.42. The van der Waals surface area contributed by atoms with Crippen molar-refractivity contribution in [3.63, 3.8) is 0 Å². The summed E-state index contributed by atoms with van der Waals surface area (Å²) >= 11 is 0. The van der Waals surface area contributed by atoms with Crippen molar-refractivity contribution in [2.75, 3.05) is 50.8 Å². The van der Waals surface area contributed by atoms with Gasteiger partial charge in [0.05, 0.1) is 12.2 Å². The molecule has 23 heavy (non-hydrogen) atoms. The van der Waals surface area contributed by atoms with Crippen LogP contribution in [0.4, 0.5) is 18.9 Å². The standard InChI is InChI=1S/C17H23F3N2O/c18-17(19,20)15-4-1-5-16(11-15)22-8-6-21(7-9-22)12-14-3-2-10-23-13-14/h1,4-5,11,14H,2-3,6-10,12-13H2. The van der Waals surface area contributed by atoms with Gasteiger partial charge in [-0.3, -0.25) is 4.90 Å². The number of ether oxygens (including phenoxy) is 1. The average molecular weight is 328 g/mol. The number of nitrogens with zero attached hydrogens (tertiary/aromatic N) is 2. The summed E-state index contributed by atoms with van der Waals surface area (Å²) in [4.78, 5) is 4.45. The Bertz CT molecular complexity index is 507. The third-order valence-electron chi connectivity index (χ3n) is 4.68. The van der Waals surface area contributed by atoms with Crippen LogP contribution in [0, 0.1) is 5.92 Å². The zero-order valence-corrected chi connectivity index (χ0v) is 13.2. The predicted molar refractivity (Wildman–Crippen MR) is 83.6 cm³/mol. The van der Waals surface area contributed by atoms with Gasteiger partial charge in [-0.2, -0.15) is 13.2 Å². The second-order valence-corrected chi connectivity index (χ2v) is 6.42. The Morgan fingerprint density at radius 1 is 1.13 bits per heavy atom. The summed E-state index contributed by atoms with van der Waals surface area (Å²) in [5, 5.41) is 0. The molecule has 3 rings (SSSR count). The van der Waals surface area contributed by atoms with Crippen molar-refractivity contribution < 1.29 is 17.9 Å². The topological polar surface area (TPSA) is 15.7 Å². The summed E-state index contributed by atoms with van der Waals surface area (Å²) in [6.07, 6.45) is -1.93. The fourth-order valence-corrected chi connectivity index (χ4v) is 3.38. The van der Waals surface area contributed by atoms with Gasteiger partial charge in [0.15, 0.2) is 0 Å². The quantitative estimate of drug-likeness (QED) is 0.847. The summed E-state index contributed by atoms with van der Waals surface area (Å²) in [5.41, 5.74) is 0.0947. The maximum absolute atomic E-state index is 12.8. The van der Waals surface area contributed by atoms with Gasteiger partial charge in [0.1, 0.15) is 0 Å². The third-order valence-corrected chi connectivity index (χ3v) is 4.68. The number of hydrogen-bond acceptors (Lipinski definition) is 3. The Morgan fingerprint density at radius 3 is 2.57 bits per heavy atom. The number of benzene rings is 1. The Kier molecular flexibility index (Phi) is 5.11. The maximum atomic E-state index is 12.8. The molecule has 0 radical (unpaired) electrons. The molecule has 1 atom stereocenters. The minimum atomic E-state index is -4.28. The second kappa shape index (κ2) is 7.09.